The lowest BCUT2D eigenvalue weighted by atomic mass is 10.1. The maximum absolute atomic E-state index is 12.2. The Morgan fingerprint density at radius 3 is 2.24 bits per heavy atom. The summed E-state index contributed by atoms with van der Waals surface area (Å²) >= 11 is 0. The molecule has 21 heavy (non-hydrogen) atoms. The van der Waals surface area contributed by atoms with Gasteiger partial charge in [0.25, 0.3) is 5.91 Å². The van der Waals surface area contributed by atoms with Crippen LogP contribution in [0.1, 0.15) is 36.2 Å². The average Bonchev–Trinajstić information content (AvgIpc) is 2.46. The predicted molar refractivity (Wildman–Crippen MR) is 79.0 cm³/mol. The van der Waals surface area contributed by atoms with Crippen LogP contribution in [0.2, 0.25) is 0 Å². The largest absolute Gasteiger partial charge is 0.465 e. The van der Waals surface area contributed by atoms with Crippen molar-refractivity contribution in [3.63, 3.8) is 0 Å². The number of benzene rings is 1. The van der Waals surface area contributed by atoms with Crippen LogP contribution in [0.5, 0.6) is 0 Å². The fraction of sp³-hybridized carbons (Fsp3) is 0.438. The van der Waals surface area contributed by atoms with E-state index in [9.17, 15) is 14.4 Å². The molecular formula is C16H21NO4. The molecule has 0 bridgehead atoms. The monoisotopic (exact) mass is 291 g/mol. The van der Waals surface area contributed by atoms with E-state index in [2.05, 4.69) is 0 Å². The van der Waals surface area contributed by atoms with Crippen molar-refractivity contribution in [2.75, 3.05) is 19.7 Å². The van der Waals surface area contributed by atoms with Gasteiger partial charge in [-0.3, -0.25) is 14.4 Å². The number of ether oxygens (including phenoxy) is 1. The Morgan fingerprint density at radius 1 is 1.10 bits per heavy atom. The molecule has 5 heteroatoms. The molecule has 0 saturated heterocycles. The van der Waals surface area contributed by atoms with Crippen molar-refractivity contribution in [2.24, 2.45) is 0 Å². The zero-order valence-corrected chi connectivity index (χ0v) is 12.7. The van der Waals surface area contributed by atoms with Gasteiger partial charge in [0.05, 0.1) is 6.61 Å². The maximum atomic E-state index is 12.2. The number of hydrogen-bond acceptors (Lipinski definition) is 4. The highest BCUT2D eigenvalue weighted by molar-refractivity contribution is 6.42. The number of esters is 1. The number of rotatable bonds is 7. The lowest BCUT2D eigenvalue weighted by molar-refractivity contribution is -0.147. The minimum atomic E-state index is -0.672. The molecular weight excluding hydrogens is 270 g/mol. The molecule has 1 rings (SSSR count). The second-order valence-corrected chi connectivity index (χ2v) is 4.73. The van der Waals surface area contributed by atoms with E-state index in [4.69, 9.17) is 4.74 Å². The van der Waals surface area contributed by atoms with Crippen LogP contribution < -0.4 is 0 Å². The van der Waals surface area contributed by atoms with E-state index in [0.717, 1.165) is 5.56 Å². The second kappa shape index (κ2) is 8.19. The van der Waals surface area contributed by atoms with E-state index < -0.39 is 17.7 Å². The third-order valence-electron chi connectivity index (χ3n) is 2.91. The van der Waals surface area contributed by atoms with Crippen molar-refractivity contribution < 1.29 is 19.1 Å². The van der Waals surface area contributed by atoms with E-state index >= 15 is 0 Å². The summed E-state index contributed by atoms with van der Waals surface area (Å²) < 4.78 is 4.83. The molecule has 0 N–H and O–H groups in total. The van der Waals surface area contributed by atoms with Crippen LogP contribution in [-0.4, -0.2) is 42.3 Å². The highest BCUT2D eigenvalue weighted by atomic mass is 16.5. The summed E-state index contributed by atoms with van der Waals surface area (Å²) in [4.78, 5) is 37.1. The molecule has 0 aliphatic heterocycles. The Balaban J connectivity index is 2.82. The summed E-state index contributed by atoms with van der Waals surface area (Å²) in [5, 5.41) is 0. The Morgan fingerprint density at radius 2 is 1.71 bits per heavy atom. The third kappa shape index (κ3) is 5.02. The van der Waals surface area contributed by atoms with Crippen molar-refractivity contribution in [1.82, 2.24) is 4.90 Å². The molecule has 5 nitrogen and oxygen atoms in total. The number of Topliss-reactive ketones (excluding diaryl/α,β-unsaturated/α-hetero) is 1. The van der Waals surface area contributed by atoms with Gasteiger partial charge in [0.1, 0.15) is 6.54 Å². The van der Waals surface area contributed by atoms with Gasteiger partial charge in [-0.25, -0.2) is 0 Å². The van der Waals surface area contributed by atoms with E-state index in [1.165, 1.54) is 4.90 Å². The van der Waals surface area contributed by atoms with Gasteiger partial charge in [0, 0.05) is 12.1 Å². The van der Waals surface area contributed by atoms with Crippen LogP contribution in [0.4, 0.5) is 0 Å². The molecule has 0 unspecified atom stereocenters. The Labute approximate surface area is 124 Å². The molecule has 0 fully saturated rings. The van der Waals surface area contributed by atoms with Crippen LogP contribution in [0.25, 0.3) is 0 Å². The standard InChI is InChI=1S/C16H21NO4/c1-4-10-17(11-14(18)21-5-2)16(20)15(19)13-8-6-12(3)7-9-13/h6-9H,4-5,10-11H2,1-3H3. The number of carbonyl (C=O) groups is 3. The quantitative estimate of drug-likeness (QED) is 0.438. The van der Waals surface area contributed by atoms with Crippen molar-refractivity contribution >= 4 is 17.7 Å². The minimum Gasteiger partial charge on any atom is -0.465 e. The van der Waals surface area contributed by atoms with Crippen molar-refractivity contribution in [3.8, 4) is 0 Å². The summed E-state index contributed by atoms with van der Waals surface area (Å²) in [5.41, 5.74) is 1.34. The number of aryl methyl sites for hydroxylation is 1. The molecule has 0 aliphatic rings. The van der Waals surface area contributed by atoms with E-state index in [0.29, 0.717) is 18.5 Å². The minimum absolute atomic E-state index is 0.196. The van der Waals surface area contributed by atoms with E-state index in [1.54, 1.807) is 31.2 Å². The van der Waals surface area contributed by atoms with Crippen molar-refractivity contribution in [1.29, 1.82) is 0 Å². The molecule has 1 amide bonds. The summed E-state index contributed by atoms with van der Waals surface area (Å²) in [6, 6.07) is 6.78. The number of amides is 1. The highest BCUT2D eigenvalue weighted by Gasteiger charge is 2.24. The molecule has 0 saturated carbocycles. The summed E-state index contributed by atoms with van der Waals surface area (Å²) in [6.45, 7) is 5.87. The lowest BCUT2D eigenvalue weighted by Gasteiger charge is -2.20. The van der Waals surface area contributed by atoms with Gasteiger partial charge in [-0.1, -0.05) is 36.8 Å². The van der Waals surface area contributed by atoms with Gasteiger partial charge < -0.3 is 9.64 Å². The zero-order valence-electron chi connectivity index (χ0n) is 12.7. The average molecular weight is 291 g/mol. The first-order valence-electron chi connectivity index (χ1n) is 7.05. The first kappa shape index (κ1) is 16.9. The highest BCUT2D eigenvalue weighted by Crippen LogP contribution is 2.07. The maximum Gasteiger partial charge on any atom is 0.325 e. The fourth-order valence-electron chi connectivity index (χ4n) is 1.86. The molecule has 0 radical (unpaired) electrons. The van der Waals surface area contributed by atoms with E-state index in [-0.39, 0.29) is 13.2 Å². The van der Waals surface area contributed by atoms with E-state index in [1.807, 2.05) is 13.8 Å². The normalized spacial score (nSPS) is 10.0. The van der Waals surface area contributed by atoms with Gasteiger partial charge in [0.15, 0.2) is 0 Å². The summed E-state index contributed by atoms with van der Waals surface area (Å²) in [7, 11) is 0. The zero-order chi connectivity index (χ0) is 15.8. The molecule has 0 spiro atoms. The van der Waals surface area contributed by atoms with Crippen LogP contribution >= 0.6 is 0 Å². The van der Waals surface area contributed by atoms with Gasteiger partial charge in [-0.05, 0) is 20.3 Å². The van der Waals surface area contributed by atoms with Crippen LogP contribution in [0.15, 0.2) is 24.3 Å². The van der Waals surface area contributed by atoms with Crippen LogP contribution in [-0.2, 0) is 14.3 Å². The van der Waals surface area contributed by atoms with Crippen LogP contribution in [0.3, 0.4) is 0 Å². The van der Waals surface area contributed by atoms with Gasteiger partial charge in [-0.15, -0.1) is 0 Å². The molecule has 0 heterocycles. The molecule has 0 aliphatic carbocycles. The smallest absolute Gasteiger partial charge is 0.325 e. The fourth-order valence-corrected chi connectivity index (χ4v) is 1.86. The molecule has 1 aromatic carbocycles. The third-order valence-corrected chi connectivity index (χ3v) is 2.91. The van der Waals surface area contributed by atoms with Gasteiger partial charge in [0.2, 0.25) is 5.78 Å². The Hall–Kier alpha value is -2.17. The molecule has 0 atom stereocenters. The summed E-state index contributed by atoms with van der Waals surface area (Å²) in [5.74, 6) is -1.78. The topological polar surface area (TPSA) is 63.7 Å². The first-order chi connectivity index (χ1) is 9.99. The predicted octanol–water partition coefficient (Wildman–Crippen LogP) is 1.98. The number of nitrogens with zero attached hydrogens (tertiary/aromatic N) is 1. The molecule has 0 aromatic heterocycles. The number of ketones is 1. The molecule has 114 valence electrons. The second-order valence-electron chi connectivity index (χ2n) is 4.73. The summed E-state index contributed by atoms with van der Waals surface area (Å²) in [6.07, 6.45) is 0.659. The van der Waals surface area contributed by atoms with Crippen LogP contribution in [0, 0.1) is 6.92 Å². The van der Waals surface area contributed by atoms with Gasteiger partial charge >= 0.3 is 5.97 Å². The Kier molecular flexibility index (Phi) is 6.59. The number of carbonyl (C=O) groups excluding carboxylic acids is 3. The van der Waals surface area contributed by atoms with Gasteiger partial charge in [-0.2, -0.15) is 0 Å². The lowest BCUT2D eigenvalue weighted by Crippen LogP contribution is -2.41. The first-order valence-corrected chi connectivity index (χ1v) is 7.05. The Bertz CT molecular complexity index is 508. The molecule has 1 aromatic rings. The van der Waals surface area contributed by atoms with Crippen molar-refractivity contribution in [2.45, 2.75) is 27.2 Å². The number of hydrogen-bond donors (Lipinski definition) is 0. The SMILES string of the molecule is CCCN(CC(=O)OCC)C(=O)C(=O)c1ccc(C)cc1. The van der Waals surface area contributed by atoms with Crippen molar-refractivity contribution in [3.05, 3.63) is 35.4 Å².